The first-order valence-electron chi connectivity index (χ1n) is 9.95. The molecule has 5 rings (SSSR count). The second-order valence-electron chi connectivity index (χ2n) is 7.26. The van der Waals surface area contributed by atoms with Gasteiger partial charge in [-0.1, -0.05) is 18.2 Å². The minimum atomic E-state index is -0.250. The highest BCUT2D eigenvalue weighted by Crippen LogP contribution is 2.30. The third-order valence-electron chi connectivity index (χ3n) is 5.21. The summed E-state index contributed by atoms with van der Waals surface area (Å²) in [6, 6.07) is 10.6. The van der Waals surface area contributed by atoms with Crippen LogP contribution in [0.25, 0.3) is 27.9 Å². The molecular weight excluding hydrogens is 379 g/mol. The Labute approximate surface area is 173 Å². The number of aromatic amines is 1. The fourth-order valence-electron chi connectivity index (χ4n) is 3.71. The van der Waals surface area contributed by atoms with Crippen LogP contribution in [0.15, 0.2) is 61.1 Å². The van der Waals surface area contributed by atoms with Crippen LogP contribution in [0, 0.1) is 5.82 Å². The molecule has 1 aliphatic rings. The van der Waals surface area contributed by atoms with Gasteiger partial charge >= 0.3 is 0 Å². The molecule has 1 aromatic carbocycles. The maximum Gasteiger partial charge on any atom is 0.145 e. The van der Waals surface area contributed by atoms with Gasteiger partial charge in [-0.15, -0.1) is 0 Å². The molecule has 7 heteroatoms. The topological polar surface area (TPSA) is 78.5 Å². The van der Waals surface area contributed by atoms with E-state index in [-0.39, 0.29) is 5.82 Å². The molecule has 4 heterocycles. The Morgan fingerprint density at radius 2 is 2.10 bits per heavy atom. The van der Waals surface area contributed by atoms with E-state index in [2.05, 4.69) is 37.7 Å². The largest absolute Gasteiger partial charge is 0.365 e. The van der Waals surface area contributed by atoms with Crippen molar-refractivity contribution in [3.63, 3.8) is 0 Å². The SMILES string of the molecule is Fc1cccc(CNc2cncc(-c3ccnc4[nH]c(C5=CCNCC5)cc34)n2)c1. The van der Waals surface area contributed by atoms with Gasteiger partial charge in [-0.2, -0.15) is 0 Å². The molecule has 1 aliphatic heterocycles. The fourth-order valence-corrected chi connectivity index (χ4v) is 3.71. The van der Waals surface area contributed by atoms with E-state index in [9.17, 15) is 4.39 Å². The van der Waals surface area contributed by atoms with Crippen LogP contribution in [-0.2, 0) is 6.54 Å². The number of rotatable bonds is 5. The summed E-state index contributed by atoms with van der Waals surface area (Å²) in [5.74, 6) is 0.388. The van der Waals surface area contributed by atoms with Gasteiger partial charge in [-0.25, -0.2) is 14.4 Å². The number of H-pyrrole nitrogens is 1. The van der Waals surface area contributed by atoms with Crippen molar-refractivity contribution in [3.05, 3.63) is 78.1 Å². The average Bonchev–Trinajstić information content (AvgIpc) is 3.23. The Morgan fingerprint density at radius 3 is 2.97 bits per heavy atom. The number of anilines is 1. The number of aromatic nitrogens is 4. The van der Waals surface area contributed by atoms with E-state index in [0.29, 0.717) is 12.4 Å². The van der Waals surface area contributed by atoms with E-state index < -0.39 is 0 Å². The summed E-state index contributed by atoms with van der Waals surface area (Å²) in [5.41, 5.74) is 5.81. The molecule has 0 bridgehead atoms. The third kappa shape index (κ3) is 3.79. The predicted octanol–water partition coefficient (Wildman–Crippen LogP) is 4.15. The van der Waals surface area contributed by atoms with Gasteiger partial charge in [0, 0.05) is 35.9 Å². The molecule has 0 saturated heterocycles. The molecule has 3 aromatic heterocycles. The standard InChI is InChI=1S/C23H21FN6/c24-17-3-1-2-15(10-17)12-28-22-14-26-13-21(29-22)18-6-9-27-23-19(18)11-20(30-23)16-4-7-25-8-5-16/h1-4,6,9-11,13-14,25H,5,7-8,12H2,(H,27,30)(H,28,29). The van der Waals surface area contributed by atoms with Crippen molar-refractivity contribution < 1.29 is 4.39 Å². The molecule has 150 valence electrons. The summed E-state index contributed by atoms with van der Waals surface area (Å²) in [7, 11) is 0. The second-order valence-corrected chi connectivity index (χ2v) is 7.26. The van der Waals surface area contributed by atoms with Gasteiger partial charge in [-0.05, 0) is 48.4 Å². The number of benzene rings is 1. The summed E-state index contributed by atoms with van der Waals surface area (Å²) < 4.78 is 13.4. The second kappa shape index (κ2) is 8.04. The molecule has 0 unspecified atom stereocenters. The van der Waals surface area contributed by atoms with Crippen molar-refractivity contribution >= 4 is 22.4 Å². The lowest BCUT2D eigenvalue weighted by Gasteiger charge is -2.12. The van der Waals surface area contributed by atoms with Gasteiger partial charge in [0.25, 0.3) is 0 Å². The van der Waals surface area contributed by atoms with Crippen molar-refractivity contribution in [2.45, 2.75) is 13.0 Å². The van der Waals surface area contributed by atoms with Crippen LogP contribution in [0.3, 0.4) is 0 Å². The zero-order chi connectivity index (χ0) is 20.3. The molecule has 4 aromatic rings. The number of hydrogen-bond acceptors (Lipinski definition) is 5. The van der Waals surface area contributed by atoms with E-state index >= 15 is 0 Å². The van der Waals surface area contributed by atoms with Crippen LogP contribution in [0.2, 0.25) is 0 Å². The minimum absolute atomic E-state index is 0.250. The number of hydrogen-bond donors (Lipinski definition) is 3. The van der Waals surface area contributed by atoms with E-state index in [1.165, 1.54) is 17.7 Å². The van der Waals surface area contributed by atoms with E-state index in [4.69, 9.17) is 4.98 Å². The van der Waals surface area contributed by atoms with Crippen LogP contribution in [0.1, 0.15) is 17.7 Å². The first kappa shape index (κ1) is 18.4. The van der Waals surface area contributed by atoms with Gasteiger partial charge in [0.1, 0.15) is 17.3 Å². The van der Waals surface area contributed by atoms with Crippen molar-refractivity contribution in [1.82, 2.24) is 25.3 Å². The quantitative estimate of drug-likeness (QED) is 0.469. The average molecular weight is 400 g/mol. The van der Waals surface area contributed by atoms with Crippen molar-refractivity contribution in [2.24, 2.45) is 0 Å². The summed E-state index contributed by atoms with van der Waals surface area (Å²) in [6.07, 6.45) is 8.40. The van der Waals surface area contributed by atoms with Gasteiger partial charge < -0.3 is 15.6 Å². The zero-order valence-electron chi connectivity index (χ0n) is 16.3. The third-order valence-corrected chi connectivity index (χ3v) is 5.21. The van der Waals surface area contributed by atoms with Crippen LogP contribution in [0.5, 0.6) is 0 Å². The van der Waals surface area contributed by atoms with Gasteiger partial charge in [0.05, 0.1) is 18.1 Å². The highest BCUT2D eigenvalue weighted by atomic mass is 19.1. The molecule has 6 nitrogen and oxygen atoms in total. The summed E-state index contributed by atoms with van der Waals surface area (Å²) in [5, 5.41) is 7.58. The number of pyridine rings is 1. The number of fused-ring (bicyclic) bond motifs is 1. The highest BCUT2D eigenvalue weighted by Gasteiger charge is 2.13. The number of nitrogens with one attached hydrogen (secondary N) is 3. The molecule has 0 atom stereocenters. The molecule has 0 fully saturated rings. The number of nitrogens with zero attached hydrogens (tertiary/aromatic N) is 3. The lowest BCUT2D eigenvalue weighted by Crippen LogP contribution is -2.20. The Hall–Kier alpha value is -3.58. The maximum atomic E-state index is 13.4. The molecule has 0 radical (unpaired) electrons. The molecular formula is C23H21FN6. The van der Waals surface area contributed by atoms with Crippen LogP contribution < -0.4 is 10.6 Å². The molecule has 0 saturated carbocycles. The van der Waals surface area contributed by atoms with Crippen molar-refractivity contribution in [1.29, 1.82) is 0 Å². The Balaban J connectivity index is 1.44. The monoisotopic (exact) mass is 400 g/mol. The lowest BCUT2D eigenvalue weighted by molar-refractivity contribution is 0.626. The Bertz CT molecular complexity index is 1230. The molecule has 0 aliphatic carbocycles. The summed E-state index contributed by atoms with van der Waals surface area (Å²) >= 11 is 0. The van der Waals surface area contributed by atoms with Crippen molar-refractivity contribution in [3.8, 4) is 11.3 Å². The molecule has 0 spiro atoms. The Kier molecular flexibility index (Phi) is 4.94. The van der Waals surface area contributed by atoms with Crippen LogP contribution in [0.4, 0.5) is 10.2 Å². The van der Waals surface area contributed by atoms with Gasteiger partial charge in [-0.3, -0.25) is 4.98 Å². The van der Waals surface area contributed by atoms with Crippen molar-refractivity contribution in [2.75, 3.05) is 18.4 Å². The number of halogens is 1. The molecule has 0 amide bonds. The van der Waals surface area contributed by atoms with E-state index in [1.54, 1.807) is 24.7 Å². The molecule has 30 heavy (non-hydrogen) atoms. The smallest absolute Gasteiger partial charge is 0.145 e. The van der Waals surface area contributed by atoms with Gasteiger partial charge in [0.2, 0.25) is 0 Å². The normalized spacial score (nSPS) is 14.0. The zero-order valence-corrected chi connectivity index (χ0v) is 16.3. The molecule has 3 N–H and O–H groups in total. The van der Waals surface area contributed by atoms with E-state index in [1.807, 2.05) is 12.1 Å². The fraction of sp³-hybridized carbons (Fsp3) is 0.174. The first-order valence-corrected chi connectivity index (χ1v) is 9.95. The summed E-state index contributed by atoms with van der Waals surface area (Å²) in [4.78, 5) is 17.0. The predicted molar refractivity (Wildman–Crippen MR) is 116 cm³/mol. The highest BCUT2D eigenvalue weighted by molar-refractivity contribution is 5.94. The minimum Gasteiger partial charge on any atom is -0.365 e. The van der Waals surface area contributed by atoms with Gasteiger partial charge in [0.15, 0.2) is 0 Å². The Morgan fingerprint density at radius 1 is 1.13 bits per heavy atom. The van der Waals surface area contributed by atoms with Crippen LogP contribution in [-0.4, -0.2) is 33.0 Å². The first-order chi connectivity index (χ1) is 14.8. The summed E-state index contributed by atoms with van der Waals surface area (Å²) in [6.45, 7) is 2.33. The lowest BCUT2D eigenvalue weighted by atomic mass is 10.0. The van der Waals surface area contributed by atoms with E-state index in [0.717, 1.165) is 53.1 Å². The maximum absolute atomic E-state index is 13.4. The van der Waals surface area contributed by atoms with Crippen LogP contribution >= 0.6 is 0 Å².